The highest BCUT2D eigenvalue weighted by Crippen LogP contribution is 2.23. The molecule has 0 spiro atoms. The summed E-state index contributed by atoms with van der Waals surface area (Å²) < 4.78 is 10.5. The van der Waals surface area contributed by atoms with Crippen LogP contribution >= 0.6 is 11.8 Å². The van der Waals surface area contributed by atoms with E-state index in [0.29, 0.717) is 23.7 Å². The second-order valence-electron chi connectivity index (χ2n) is 5.25. The first-order chi connectivity index (χ1) is 12.6. The zero-order valence-electron chi connectivity index (χ0n) is 14.8. The summed E-state index contributed by atoms with van der Waals surface area (Å²) >= 11 is 1.25. The number of ether oxygens (including phenoxy) is 2. The van der Waals surface area contributed by atoms with Crippen LogP contribution < -0.4 is 20.1 Å². The number of hydrogen-bond donors (Lipinski definition) is 2. The highest BCUT2D eigenvalue weighted by Gasteiger charge is 2.09. The number of anilines is 2. The number of benzene rings is 2. The van der Waals surface area contributed by atoms with Gasteiger partial charge in [0, 0.05) is 5.69 Å². The molecule has 0 aromatic heterocycles. The van der Waals surface area contributed by atoms with Crippen molar-refractivity contribution in [1.29, 1.82) is 0 Å². The fourth-order valence-electron chi connectivity index (χ4n) is 2.15. The summed E-state index contributed by atoms with van der Waals surface area (Å²) in [4.78, 5) is 24.0. The third kappa shape index (κ3) is 6.33. The minimum atomic E-state index is -0.181. The van der Waals surface area contributed by atoms with Gasteiger partial charge in [0.05, 0.1) is 30.9 Å². The van der Waals surface area contributed by atoms with Gasteiger partial charge in [-0.05, 0) is 43.3 Å². The first kappa shape index (κ1) is 19.7. The predicted molar refractivity (Wildman–Crippen MR) is 105 cm³/mol. The summed E-state index contributed by atoms with van der Waals surface area (Å²) in [5, 5.41) is 5.58. The number of carbonyl (C=O) groups excluding carboxylic acids is 2. The van der Waals surface area contributed by atoms with Gasteiger partial charge in [-0.1, -0.05) is 12.1 Å². The van der Waals surface area contributed by atoms with Crippen molar-refractivity contribution in [2.45, 2.75) is 6.92 Å². The summed E-state index contributed by atoms with van der Waals surface area (Å²) in [6.45, 7) is 2.41. The molecule has 138 valence electrons. The number of carbonyl (C=O) groups is 2. The Morgan fingerprint density at radius 1 is 0.962 bits per heavy atom. The third-order valence-corrected chi connectivity index (χ3v) is 4.23. The van der Waals surface area contributed by atoms with Crippen molar-refractivity contribution >= 4 is 35.0 Å². The van der Waals surface area contributed by atoms with Crippen molar-refractivity contribution in [2.24, 2.45) is 0 Å². The lowest BCUT2D eigenvalue weighted by Crippen LogP contribution is -2.18. The number of amides is 2. The molecule has 2 rings (SSSR count). The lowest BCUT2D eigenvalue weighted by atomic mass is 10.3. The second kappa shape index (κ2) is 10.4. The van der Waals surface area contributed by atoms with Crippen LogP contribution in [-0.4, -0.2) is 37.0 Å². The number of thioether (sulfide) groups is 1. The fourth-order valence-corrected chi connectivity index (χ4v) is 2.76. The molecule has 2 aromatic rings. The molecule has 26 heavy (non-hydrogen) atoms. The van der Waals surface area contributed by atoms with Gasteiger partial charge < -0.3 is 20.1 Å². The molecule has 0 saturated carbocycles. The smallest absolute Gasteiger partial charge is 0.234 e. The lowest BCUT2D eigenvalue weighted by molar-refractivity contribution is -0.114. The van der Waals surface area contributed by atoms with Crippen LogP contribution in [0.2, 0.25) is 0 Å². The van der Waals surface area contributed by atoms with Crippen LogP contribution in [0.1, 0.15) is 6.92 Å². The second-order valence-corrected chi connectivity index (χ2v) is 6.23. The lowest BCUT2D eigenvalue weighted by Gasteiger charge is -2.11. The van der Waals surface area contributed by atoms with Crippen LogP contribution in [-0.2, 0) is 9.59 Å². The van der Waals surface area contributed by atoms with Gasteiger partial charge in [-0.3, -0.25) is 9.59 Å². The molecule has 7 heteroatoms. The van der Waals surface area contributed by atoms with E-state index in [1.165, 1.54) is 11.8 Å². The topological polar surface area (TPSA) is 76.7 Å². The molecule has 2 aromatic carbocycles. The monoisotopic (exact) mass is 374 g/mol. The summed E-state index contributed by atoms with van der Waals surface area (Å²) in [5.41, 5.74) is 1.31. The minimum Gasteiger partial charge on any atom is -0.497 e. The number of rotatable bonds is 9. The van der Waals surface area contributed by atoms with E-state index in [2.05, 4.69) is 10.6 Å². The Balaban J connectivity index is 1.74. The van der Waals surface area contributed by atoms with Gasteiger partial charge in [0.1, 0.15) is 11.5 Å². The molecule has 0 aliphatic carbocycles. The Morgan fingerprint density at radius 2 is 1.62 bits per heavy atom. The van der Waals surface area contributed by atoms with E-state index in [-0.39, 0.29) is 23.3 Å². The Kier molecular flexibility index (Phi) is 7.82. The number of methoxy groups -OCH3 is 1. The Hall–Kier alpha value is -2.67. The van der Waals surface area contributed by atoms with Gasteiger partial charge in [-0.15, -0.1) is 11.8 Å². The van der Waals surface area contributed by atoms with E-state index >= 15 is 0 Å². The Labute approximate surface area is 157 Å². The minimum absolute atomic E-state index is 0.164. The van der Waals surface area contributed by atoms with E-state index in [9.17, 15) is 9.59 Å². The molecule has 0 atom stereocenters. The van der Waals surface area contributed by atoms with Crippen LogP contribution in [0.25, 0.3) is 0 Å². The third-order valence-electron chi connectivity index (χ3n) is 3.30. The van der Waals surface area contributed by atoms with E-state index in [1.807, 2.05) is 19.1 Å². The summed E-state index contributed by atoms with van der Waals surface area (Å²) in [5.74, 6) is 1.37. The van der Waals surface area contributed by atoms with Gasteiger partial charge in [-0.2, -0.15) is 0 Å². The van der Waals surface area contributed by atoms with E-state index in [4.69, 9.17) is 9.47 Å². The van der Waals surface area contributed by atoms with Gasteiger partial charge in [0.2, 0.25) is 11.8 Å². The largest absolute Gasteiger partial charge is 0.497 e. The first-order valence-electron chi connectivity index (χ1n) is 8.15. The molecule has 0 aliphatic rings. The zero-order valence-corrected chi connectivity index (χ0v) is 15.6. The maximum Gasteiger partial charge on any atom is 0.234 e. The molecule has 0 radical (unpaired) electrons. The predicted octanol–water partition coefficient (Wildman–Crippen LogP) is 3.40. The van der Waals surface area contributed by atoms with Crippen LogP contribution in [0.15, 0.2) is 48.5 Å². The van der Waals surface area contributed by atoms with Crippen molar-refractivity contribution < 1.29 is 19.1 Å². The van der Waals surface area contributed by atoms with Crippen molar-refractivity contribution in [1.82, 2.24) is 0 Å². The molecule has 6 nitrogen and oxygen atoms in total. The van der Waals surface area contributed by atoms with Crippen molar-refractivity contribution in [3.8, 4) is 11.5 Å². The molecular formula is C19H22N2O4S. The maximum atomic E-state index is 12.0. The quantitative estimate of drug-likeness (QED) is 0.703. The number of hydrogen-bond acceptors (Lipinski definition) is 5. The van der Waals surface area contributed by atoms with Crippen molar-refractivity contribution in [3.05, 3.63) is 48.5 Å². The highest BCUT2D eigenvalue weighted by molar-refractivity contribution is 8.00. The van der Waals surface area contributed by atoms with Gasteiger partial charge >= 0.3 is 0 Å². The fraction of sp³-hybridized carbons (Fsp3) is 0.263. The van der Waals surface area contributed by atoms with E-state index < -0.39 is 0 Å². The molecule has 0 unspecified atom stereocenters. The van der Waals surface area contributed by atoms with Crippen molar-refractivity contribution in [2.75, 3.05) is 35.9 Å². The number of para-hydroxylation sites is 2. The van der Waals surface area contributed by atoms with Crippen LogP contribution in [0.4, 0.5) is 11.4 Å². The summed E-state index contributed by atoms with van der Waals surface area (Å²) in [6.07, 6.45) is 0. The molecule has 2 amide bonds. The number of nitrogens with one attached hydrogen (secondary N) is 2. The van der Waals surface area contributed by atoms with Crippen LogP contribution in [0.5, 0.6) is 11.5 Å². The molecule has 0 aliphatic heterocycles. The van der Waals surface area contributed by atoms with E-state index in [0.717, 1.165) is 5.75 Å². The molecular weight excluding hydrogens is 352 g/mol. The highest BCUT2D eigenvalue weighted by atomic mass is 32.2. The molecule has 2 N–H and O–H groups in total. The Morgan fingerprint density at radius 3 is 2.27 bits per heavy atom. The zero-order chi connectivity index (χ0) is 18.8. The van der Waals surface area contributed by atoms with Crippen LogP contribution in [0.3, 0.4) is 0 Å². The standard InChI is InChI=1S/C19H22N2O4S/c1-3-25-17-7-5-4-6-16(17)21-19(23)13-26-12-18(22)20-14-8-10-15(24-2)11-9-14/h4-11H,3,12-13H2,1-2H3,(H,20,22)(H,21,23). The van der Waals surface area contributed by atoms with Gasteiger partial charge in [-0.25, -0.2) is 0 Å². The Bertz CT molecular complexity index is 735. The van der Waals surface area contributed by atoms with Crippen molar-refractivity contribution in [3.63, 3.8) is 0 Å². The summed E-state index contributed by atoms with van der Waals surface area (Å²) in [7, 11) is 1.59. The van der Waals surface area contributed by atoms with E-state index in [1.54, 1.807) is 43.5 Å². The molecule has 0 bridgehead atoms. The van der Waals surface area contributed by atoms with Gasteiger partial charge in [0.25, 0.3) is 0 Å². The molecule has 0 fully saturated rings. The molecule has 0 saturated heterocycles. The van der Waals surface area contributed by atoms with Crippen LogP contribution in [0, 0.1) is 0 Å². The normalized spacial score (nSPS) is 10.1. The summed E-state index contributed by atoms with van der Waals surface area (Å²) in [6, 6.07) is 14.3. The maximum absolute atomic E-state index is 12.0. The average molecular weight is 374 g/mol. The molecule has 0 heterocycles. The average Bonchev–Trinajstić information content (AvgIpc) is 2.64. The SMILES string of the molecule is CCOc1ccccc1NC(=O)CSCC(=O)Nc1ccc(OC)cc1. The van der Waals surface area contributed by atoms with Gasteiger partial charge in [0.15, 0.2) is 0 Å². The first-order valence-corrected chi connectivity index (χ1v) is 9.31.